The molecule has 6 aliphatic rings. The minimum atomic E-state index is 0.0104. The zero-order chi connectivity index (χ0) is 28.5. The molecule has 1 amide bonds. The highest BCUT2D eigenvalue weighted by Crippen LogP contribution is 2.46. The Morgan fingerprint density at radius 2 is 1.68 bits per heavy atom. The van der Waals surface area contributed by atoms with E-state index < -0.39 is 0 Å². The predicted molar refractivity (Wildman–Crippen MR) is 162 cm³/mol. The van der Waals surface area contributed by atoms with Crippen molar-refractivity contribution in [3.63, 3.8) is 0 Å². The van der Waals surface area contributed by atoms with Gasteiger partial charge in [-0.1, -0.05) is 44.6 Å². The number of carbonyl (C=O) groups is 1. The van der Waals surface area contributed by atoms with Gasteiger partial charge in [-0.3, -0.25) is 25.2 Å². The fraction of sp³-hybridized carbons (Fsp3) is 0.848. The fourth-order valence-electron chi connectivity index (χ4n) is 9.21. The summed E-state index contributed by atoms with van der Waals surface area (Å²) in [7, 11) is 2.26. The van der Waals surface area contributed by atoms with E-state index in [2.05, 4.69) is 52.8 Å². The smallest absolute Gasteiger partial charge is 0.245 e. The van der Waals surface area contributed by atoms with E-state index in [4.69, 9.17) is 10.5 Å². The molecule has 6 rings (SSSR count). The summed E-state index contributed by atoms with van der Waals surface area (Å²) < 4.78 is 6.59. The second-order valence-corrected chi connectivity index (χ2v) is 14.0. The molecule has 7 atom stereocenters. The molecule has 6 fully saturated rings. The zero-order valence-electron chi connectivity index (χ0n) is 25.5. The number of ether oxygens (including phenoxy) is 1. The summed E-state index contributed by atoms with van der Waals surface area (Å²) in [5.41, 5.74) is 6.75. The van der Waals surface area contributed by atoms with Crippen molar-refractivity contribution in [3.8, 4) is 11.8 Å². The van der Waals surface area contributed by atoms with Gasteiger partial charge in [0.25, 0.3) is 0 Å². The van der Waals surface area contributed by atoms with Crippen LogP contribution in [0.5, 0.6) is 0 Å². The maximum Gasteiger partial charge on any atom is 0.245 e. The molecule has 228 valence electrons. The van der Waals surface area contributed by atoms with Gasteiger partial charge in [-0.25, -0.2) is 0 Å². The zero-order valence-corrected chi connectivity index (χ0v) is 25.5. The Balaban J connectivity index is 1.07. The van der Waals surface area contributed by atoms with Crippen LogP contribution in [0.15, 0.2) is 12.7 Å². The first-order valence-corrected chi connectivity index (χ1v) is 16.7. The maximum absolute atomic E-state index is 12.1. The van der Waals surface area contributed by atoms with E-state index in [1.807, 2.05) is 4.90 Å². The second kappa shape index (κ2) is 13.0. The molecule has 0 spiro atoms. The lowest BCUT2D eigenvalue weighted by atomic mass is 9.70. The second-order valence-electron chi connectivity index (χ2n) is 14.0. The van der Waals surface area contributed by atoms with Crippen molar-refractivity contribution in [3.05, 3.63) is 12.7 Å². The molecule has 0 radical (unpaired) electrons. The molecule has 0 aromatic rings. The van der Waals surface area contributed by atoms with E-state index in [-0.39, 0.29) is 24.3 Å². The minimum absolute atomic E-state index is 0.0104. The number of amides is 1. The molecule has 0 bridgehead atoms. The fourth-order valence-corrected chi connectivity index (χ4v) is 9.21. The number of hydrogen-bond donors (Lipinski definition) is 3. The van der Waals surface area contributed by atoms with Crippen LogP contribution >= 0.6 is 0 Å². The van der Waals surface area contributed by atoms with Crippen LogP contribution in [0.2, 0.25) is 0 Å². The minimum Gasteiger partial charge on any atom is -0.375 e. The van der Waals surface area contributed by atoms with E-state index >= 15 is 0 Å². The predicted octanol–water partition coefficient (Wildman–Crippen LogP) is 2.56. The molecule has 8 nitrogen and oxygen atoms in total. The average Bonchev–Trinajstić information content (AvgIpc) is 3.25. The highest BCUT2D eigenvalue weighted by atomic mass is 16.5. The molecular formula is C33H54N6O2. The molecule has 8 heteroatoms. The Morgan fingerprint density at radius 3 is 2.39 bits per heavy atom. The van der Waals surface area contributed by atoms with E-state index in [1.54, 1.807) is 0 Å². The summed E-state index contributed by atoms with van der Waals surface area (Å²) >= 11 is 0. The first-order chi connectivity index (χ1) is 19.9. The number of fused-ring (bicyclic) bond motifs is 1. The summed E-state index contributed by atoms with van der Waals surface area (Å²) in [6.07, 6.45) is 15.1. The summed E-state index contributed by atoms with van der Waals surface area (Å²) in [6, 6.07) is 0.788. The molecule has 4 heterocycles. The number of nitrogens with one attached hydrogen (secondary N) is 2. The number of nitrogens with zero attached hydrogens (tertiary/aromatic N) is 3. The highest BCUT2D eigenvalue weighted by Gasteiger charge is 2.53. The molecule has 4 aliphatic heterocycles. The van der Waals surface area contributed by atoms with Gasteiger partial charge in [0.1, 0.15) is 0 Å². The molecule has 4 N–H and O–H groups in total. The van der Waals surface area contributed by atoms with Crippen LogP contribution in [0.25, 0.3) is 0 Å². The molecule has 0 aromatic heterocycles. The van der Waals surface area contributed by atoms with Gasteiger partial charge in [0.2, 0.25) is 5.91 Å². The largest absolute Gasteiger partial charge is 0.375 e. The number of nitrogens with two attached hydrogens (primary N) is 1. The van der Waals surface area contributed by atoms with Gasteiger partial charge < -0.3 is 15.4 Å². The molecule has 41 heavy (non-hydrogen) atoms. The lowest BCUT2D eigenvalue weighted by Crippen LogP contribution is -2.63. The van der Waals surface area contributed by atoms with Crippen molar-refractivity contribution in [2.45, 2.75) is 108 Å². The van der Waals surface area contributed by atoms with Gasteiger partial charge in [0, 0.05) is 50.7 Å². The van der Waals surface area contributed by atoms with Crippen LogP contribution in [-0.4, -0.2) is 97.1 Å². The van der Waals surface area contributed by atoms with Gasteiger partial charge in [-0.2, -0.15) is 0 Å². The van der Waals surface area contributed by atoms with Crippen molar-refractivity contribution in [2.75, 3.05) is 39.9 Å². The molecule has 4 saturated heterocycles. The number of likely N-dealkylation sites (tertiary alicyclic amines) is 3. The molecule has 0 aromatic carbocycles. The summed E-state index contributed by atoms with van der Waals surface area (Å²) in [6.45, 7) is 10.5. The third-order valence-electron chi connectivity index (χ3n) is 11.5. The van der Waals surface area contributed by atoms with Crippen molar-refractivity contribution in [1.82, 2.24) is 25.3 Å². The summed E-state index contributed by atoms with van der Waals surface area (Å²) in [5.74, 6) is 10.0. The Labute approximate surface area is 248 Å². The van der Waals surface area contributed by atoms with Gasteiger partial charge in [-0.05, 0) is 75.8 Å². The van der Waals surface area contributed by atoms with Crippen LogP contribution < -0.4 is 16.4 Å². The van der Waals surface area contributed by atoms with Crippen molar-refractivity contribution in [1.29, 1.82) is 0 Å². The number of rotatable bonds is 5. The lowest BCUT2D eigenvalue weighted by molar-refractivity contribution is -0.129. The van der Waals surface area contributed by atoms with E-state index in [1.165, 1.54) is 63.9 Å². The SMILES string of the molecule is C=CC(=O)N1CC[C@H](N2CC(C#CC3C(C4CCC(OC5CCCCC5)CC4)C4C(N)NCNC4N3C)C2)[C@H](C)C1. The van der Waals surface area contributed by atoms with E-state index in [9.17, 15) is 4.79 Å². The van der Waals surface area contributed by atoms with Crippen molar-refractivity contribution < 1.29 is 9.53 Å². The Kier molecular flexibility index (Phi) is 9.41. The first kappa shape index (κ1) is 29.6. The Bertz CT molecular complexity index is 976. The summed E-state index contributed by atoms with van der Waals surface area (Å²) in [5, 5.41) is 7.21. The Morgan fingerprint density at radius 1 is 0.951 bits per heavy atom. The average molecular weight is 567 g/mol. The first-order valence-electron chi connectivity index (χ1n) is 16.7. The monoisotopic (exact) mass is 566 g/mol. The lowest BCUT2D eigenvalue weighted by Gasteiger charge is -2.48. The van der Waals surface area contributed by atoms with Crippen LogP contribution in [0.1, 0.15) is 71.1 Å². The van der Waals surface area contributed by atoms with Gasteiger partial charge in [0.15, 0.2) is 0 Å². The van der Waals surface area contributed by atoms with Crippen LogP contribution in [-0.2, 0) is 9.53 Å². The van der Waals surface area contributed by atoms with Gasteiger partial charge >= 0.3 is 0 Å². The quantitative estimate of drug-likeness (QED) is 0.348. The van der Waals surface area contributed by atoms with Crippen LogP contribution in [0.3, 0.4) is 0 Å². The topological polar surface area (TPSA) is 86.1 Å². The molecule has 2 saturated carbocycles. The Hall–Kier alpha value is -1.47. The van der Waals surface area contributed by atoms with E-state index in [0.717, 1.165) is 39.3 Å². The number of carbonyl (C=O) groups excluding carboxylic acids is 1. The number of hydrogen-bond acceptors (Lipinski definition) is 7. The third-order valence-corrected chi connectivity index (χ3v) is 11.5. The number of piperidine rings is 1. The van der Waals surface area contributed by atoms with Gasteiger partial charge in [0.05, 0.1) is 30.6 Å². The van der Waals surface area contributed by atoms with Crippen LogP contribution in [0, 0.1) is 41.4 Å². The van der Waals surface area contributed by atoms with Crippen molar-refractivity contribution >= 4 is 5.91 Å². The molecule has 5 unspecified atom stereocenters. The van der Waals surface area contributed by atoms with E-state index in [0.29, 0.717) is 47.8 Å². The summed E-state index contributed by atoms with van der Waals surface area (Å²) in [4.78, 5) is 19.1. The highest BCUT2D eigenvalue weighted by molar-refractivity contribution is 5.87. The van der Waals surface area contributed by atoms with Gasteiger partial charge in [-0.15, -0.1) is 0 Å². The maximum atomic E-state index is 12.1. The van der Waals surface area contributed by atoms with Crippen molar-refractivity contribution in [2.24, 2.45) is 35.3 Å². The standard InChI is InChI=1S/C33H54N6O2/c1-4-29(40)38-17-16-27(22(2)18-38)39-19-23(20-39)10-15-28-30(31-32(34)35-21-36-33(31)37(28)3)24-11-13-26(14-12-24)41-25-8-6-5-7-9-25/h4,22-28,30-33,35-36H,1,5-9,11-14,16-21,34H2,2-3H3/t22-,24?,26?,27+,28?,30?,31?,32?,33?/m1/s1. The normalized spacial score (nSPS) is 41.2. The molecular weight excluding hydrogens is 512 g/mol. The molecule has 2 aliphatic carbocycles. The van der Waals surface area contributed by atoms with Crippen LogP contribution in [0.4, 0.5) is 0 Å². The third kappa shape index (κ3) is 6.27.